The Morgan fingerprint density at radius 1 is 1.27 bits per heavy atom. The van der Waals surface area contributed by atoms with Crippen molar-refractivity contribution in [2.24, 2.45) is 5.92 Å². The van der Waals surface area contributed by atoms with Crippen molar-refractivity contribution in [2.75, 3.05) is 25.4 Å². The van der Waals surface area contributed by atoms with E-state index >= 15 is 0 Å². The number of thiazole rings is 1. The third-order valence-corrected chi connectivity index (χ3v) is 8.31. The Kier molecular flexibility index (Phi) is 4.53. The van der Waals surface area contributed by atoms with E-state index in [-0.39, 0.29) is 23.5 Å². The third kappa shape index (κ3) is 3.04. The van der Waals surface area contributed by atoms with Gasteiger partial charge in [-0.25, -0.2) is 13.4 Å². The number of carbonyl (C=O) groups excluding carboxylic acids is 1. The first kappa shape index (κ1) is 17.9. The van der Waals surface area contributed by atoms with Crippen molar-refractivity contribution in [1.82, 2.24) is 14.2 Å². The molecule has 2 aliphatic rings. The van der Waals surface area contributed by atoms with Crippen molar-refractivity contribution in [3.8, 4) is 0 Å². The van der Waals surface area contributed by atoms with Crippen LogP contribution in [-0.4, -0.2) is 59.9 Å². The van der Waals surface area contributed by atoms with Crippen LogP contribution in [0.15, 0.2) is 24.3 Å². The Bertz CT molecular complexity index is 899. The lowest BCUT2D eigenvalue weighted by atomic mass is 9.96. The number of hydrogen-bond acceptors (Lipinski definition) is 5. The van der Waals surface area contributed by atoms with Crippen LogP contribution in [-0.2, 0) is 14.8 Å². The molecule has 1 atom stereocenters. The monoisotopic (exact) mass is 393 g/mol. The summed E-state index contributed by atoms with van der Waals surface area (Å²) in [6.45, 7) is 5.53. The maximum absolute atomic E-state index is 13.0. The fourth-order valence-electron chi connectivity index (χ4n) is 3.78. The van der Waals surface area contributed by atoms with Crippen LogP contribution in [0.3, 0.4) is 0 Å². The molecule has 1 aromatic heterocycles. The first-order chi connectivity index (χ1) is 12.4. The van der Waals surface area contributed by atoms with Gasteiger partial charge in [-0.05, 0) is 24.5 Å². The quantitative estimate of drug-likeness (QED) is 0.799. The summed E-state index contributed by atoms with van der Waals surface area (Å²) in [6.07, 6.45) is 0.604. The van der Waals surface area contributed by atoms with Crippen molar-refractivity contribution in [2.45, 2.75) is 32.2 Å². The van der Waals surface area contributed by atoms with Crippen molar-refractivity contribution in [3.63, 3.8) is 0 Å². The van der Waals surface area contributed by atoms with Gasteiger partial charge in [-0.1, -0.05) is 26.0 Å². The number of carbonyl (C=O) groups is 1. The maximum atomic E-state index is 13.0. The van der Waals surface area contributed by atoms with E-state index in [1.807, 2.05) is 32.0 Å². The fraction of sp³-hybridized carbons (Fsp3) is 0.556. The van der Waals surface area contributed by atoms with Crippen molar-refractivity contribution in [1.29, 1.82) is 0 Å². The number of para-hydroxylation sites is 1. The van der Waals surface area contributed by atoms with Gasteiger partial charge >= 0.3 is 0 Å². The minimum Gasteiger partial charge on any atom is -0.340 e. The highest BCUT2D eigenvalue weighted by molar-refractivity contribution is 7.89. The Labute approximate surface area is 157 Å². The van der Waals surface area contributed by atoms with Crippen molar-refractivity contribution in [3.05, 3.63) is 29.3 Å². The van der Waals surface area contributed by atoms with E-state index in [1.54, 1.807) is 16.2 Å². The van der Waals surface area contributed by atoms with Crippen molar-refractivity contribution < 1.29 is 13.2 Å². The molecular weight excluding hydrogens is 370 g/mol. The van der Waals surface area contributed by atoms with E-state index in [0.29, 0.717) is 26.1 Å². The summed E-state index contributed by atoms with van der Waals surface area (Å²) in [5.74, 6) is 0.289. The summed E-state index contributed by atoms with van der Waals surface area (Å²) in [4.78, 5) is 19.5. The molecule has 3 heterocycles. The van der Waals surface area contributed by atoms with Gasteiger partial charge in [-0.3, -0.25) is 4.79 Å². The van der Waals surface area contributed by atoms with Gasteiger partial charge in [0.1, 0.15) is 11.0 Å². The molecule has 1 unspecified atom stereocenters. The molecule has 0 saturated carbocycles. The van der Waals surface area contributed by atoms with Crippen LogP contribution in [0.2, 0.25) is 0 Å². The summed E-state index contributed by atoms with van der Waals surface area (Å²) in [7, 11) is -3.30. The van der Waals surface area contributed by atoms with Gasteiger partial charge in [0.25, 0.3) is 0 Å². The molecule has 0 N–H and O–H groups in total. The average molecular weight is 394 g/mol. The van der Waals surface area contributed by atoms with Gasteiger partial charge in [0.2, 0.25) is 15.9 Å². The zero-order valence-electron chi connectivity index (χ0n) is 15.0. The molecule has 0 spiro atoms. The predicted octanol–water partition coefficient (Wildman–Crippen LogP) is 2.28. The molecular formula is C18H23N3O3S2. The van der Waals surface area contributed by atoms with Gasteiger partial charge in [0, 0.05) is 25.6 Å². The molecule has 6 nitrogen and oxygen atoms in total. The molecule has 0 aliphatic carbocycles. The second-order valence-corrected chi connectivity index (χ2v) is 10.5. The molecule has 2 aliphatic heterocycles. The lowest BCUT2D eigenvalue weighted by Crippen LogP contribution is -2.57. The summed E-state index contributed by atoms with van der Waals surface area (Å²) >= 11 is 1.68. The fourth-order valence-corrected chi connectivity index (χ4v) is 6.64. The highest BCUT2D eigenvalue weighted by atomic mass is 32.2. The number of nitrogens with zero attached hydrogens (tertiary/aromatic N) is 3. The molecule has 0 bridgehead atoms. The van der Waals surface area contributed by atoms with Crippen LogP contribution in [0.4, 0.5) is 0 Å². The number of likely N-dealkylation sites (tertiary alicyclic amines) is 1. The maximum Gasteiger partial charge on any atom is 0.241 e. The molecule has 140 valence electrons. The smallest absolute Gasteiger partial charge is 0.241 e. The number of sulfonamides is 1. The van der Waals surface area contributed by atoms with Crippen LogP contribution >= 0.6 is 11.3 Å². The van der Waals surface area contributed by atoms with Crippen LogP contribution in [0.1, 0.15) is 31.2 Å². The molecule has 0 radical (unpaired) electrons. The molecule has 8 heteroatoms. The second-order valence-electron chi connectivity index (χ2n) is 7.43. The zero-order chi connectivity index (χ0) is 18.5. The molecule has 1 amide bonds. The van der Waals surface area contributed by atoms with Gasteiger partial charge in [0.15, 0.2) is 0 Å². The Hall–Kier alpha value is -1.51. The number of fused-ring (bicyclic) bond motifs is 1. The number of rotatable bonds is 4. The minimum absolute atomic E-state index is 0.0446. The van der Waals surface area contributed by atoms with Crippen LogP contribution < -0.4 is 0 Å². The summed E-state index contributed by atoms with van der Waals surface area (Å²) < 4.78 is 27.1. The van der Waals surface area contributed by atoms with E-state index in [9.17, 15) is 13.2 Å². The summed E-state index contributed by atoms with van der Waals surface area (Å²) in [6, 6.07) is 7.46. The highest BCUT2D eigenvalue weighted by Gasteiger charge is 2.44. The normalized spacial score (nSPS) is 22.0. The topological polar surface area (TPSA) is 70.6 Å². The van der Waals surface area contributed by atoms with Gasteiger partial charge in [-0.15, -0.1) is 11.3 Å². The average Bonchev–Trinajstić information content (AvgIpc) is 3.09. The van der Waals surface area contributed by atoms with E-state index < -0.39 is 16.1 Å². The third-order valence-electron chi connectivity index (χ3n) is 5.19. The summed E-state index contributed by atoms with van der Waals surface area (Å²) in [5.41, 5.74) is 1.00. The molecule has 26 heavy (non-hydrogen) atoms. The van der Waals surface area contributed by atoms with Crippen LogP contribution in [0, 0.1) is 5.92 Å². The zero-order valence-corrected chi connectivity index (χ0v) is 16.6. The molecule has 2 saturated heterocycles. The molecule has 2 aromatic rings. The van der Waals surface area contributed by atoms with E-state index in [0.717, 1.165) is 15.2 Å². The van der Waals surface area contributed by atoms with E-state index in [1.165, 1.54) is 4.31 Å². The predicted molar refractivity (Wildman–Crippen MR) is 103 cm³/mol. The molecule has 1 aromatic carbocycles. The van der Waals surface area contributed by atoms with Crippen molar-refractivity contribution >= 4 is 37.5 Å². The Balaban J connectivity index is 1.47. The lowest BCUT2D eigenvalue weighted by Gasteiger charge is -2.42. The van der Waals surface area contributed by atoms with Gasteiger partial charge in [-0.2, -0.15) is 4.31 Å². The summed E-state index contributed by atoms with van der Waals surface area (Å²) in [5, 5.41) is 1.06. The number of hydrogen-bond donors (Lipinski definition) is 0. The Morgan fingerprint density at radius 3 is 2.62 bits per heavy atom. The first-order valence-electron chi connectivity index (χ1n) is 9.00. The molecule has 2 fully saturated rings. The Morgan fingerprint density at radius 2 is 2.00 bits per heavy atom. The number of benzene rings is 1. The standard InChI is InChI=1S/C18H23N3O3S2/c1-12(2)16(21-8-5-9-26(21,23)24)18(22)20-10-13(11-20)17-19-14-6-3-4-7-15(14)25-17/h3-4,6-7,12-13,16H,5,8-11H2,1-2H3. The van der Waals surface area contributed by atoms with Crippen LogP contribution in [0.25, 0.3) is 10.2 Å². The van der Waals surface area contributed by atoms with E-state index in [4.69, 9.17) is 0 Å². The van der Waals surface area contributed by atoms with E-state index in [2.05, 4.69) is 11.1 Å². The van der Waals surface area contributed by atoms with Gasteiger partial charge < -0.3 is 4.90 Å². The largest absolute Gasteiger partial charge is 0.340 e. The van der Waals surface area contributed by atoms with Crippen LogP contribution in [0.5, 0.6) is 0 Å². The number of amides is 1. The first-order valence-corrected chi connectivity index (χ1v) is 11.4. The second kappa shape index (κ2) is 6.58. The van der Waals surface area contributed by atoms with Gasteiger partial charge in [0.05, 0.1) is 16.0 Å². The molecule has 4 rings (SSSR count). The SMILES string of the molecule is CC(C)C(C(=O)N1CC(c2nc3ccccc3s2)C1)N1CCCS1(=O)=O. The number of aromatic nitrogens is 1. The minimum atomic E-state index is -3.30. The highest BCUT2D eigenvalue weighted by Crippen LogP contribution is 2.34. The lowest BCUT2D eigenvalue weighted by molar-refractivity contribution is -0.141.